The quantitative estimate of drug-likeness (QED) is 0.900. The van der Waals surface area contributed by atoms with Crippen LogP contribution in [-0.4, -0.2) is 16.6 Å². The zero-order valence-electron chi connectivity index (χ0n) is 10.0. The maximum atomic E-state index is 13.7. The molecule has 0 saturated carbocycles. The smallest absolute Gasteiger partial charge is 0.250 e. The lowest BCUT2D eigenvalue weighted by molar-refractivity contribution is 0.291. The van der Waals surface area contributed by atoms with Crippen LogP contribution in [0.25, 0.3) is 0 Å². The number of halogens is 1. The first kappa shape index (κ1) is 12.9. The molecule has 0 fully saturated rings. The highest BCUT2D eigenvalue weighted by Gasteiger charge is 2.10. The van der Waals surface area contributed by atoms with Crippen LogP contribution in [0.15, 0.2) is 17.8 Å². The molecule has 4 nitrogen and oxygen atoms in total. The van der Waals surface area contributed by atoms with E-state index in [1.807, 2.05) is 6.92 Å². The predicted molar refractivity (Wildman–Crippen MR) is 68.1 cm³/mol. The molecule has 0 amide bonds. The van der Waals surface area contributed by atoms with E-state index < -0.39 is 5.82 Å². The van der Waals surface area contributed by atoms with Crippen molar-refractivity contribution in [3.05, 3.63) is 39.7 Å². The number of aryl methyl sites for hydroxylation is 1. The molecule has 0 spiro atoms. The first-order chi connectivity index (χ1) is 8.72. The number of hydrogen-bond donors (Lipinski definition) is 1. The highest BCUT2D eigenvalue weighted by Crippen LogP contribution is 2.18. The van der Waals surface area contributed by atoms with E-state index in [0.717, 1.165) is 10.6 Å². The van der Waals surface area contributed by atoms with Crippen molar-refractivity contribution >= 4 is 11.3 Å². The topological polar surface area (TPSA) is 61.0 Å². The third-order valence-electron chi connectivity index (χ3n) is 2.57. The Hall–Kier alpha value is -1.53. The molecule has 0 aromatic carbocycles. The fourth-order valence-electron chi connectivity index (χ4n) is 1.53. The molecular weight excluding hydrogens is 253 g/mol. The average Bonchev–Trinajstić information content (AvgIpc) is 2.77. The van der Waals surface area contributed by atoms with Gasteiger partial charge in [0.25, 0.3) is 5.88 Å². The van der Waals surface area contributed by atoms with Crippen LogP contribution in [0.2, 0.25) is 0 Å². The number of thiazole rings is 1. The van der Waals surface area contributed by atoms with Crippen molar-refractivity contribution in [1.82, 2.24) is 9.97 Å². The summed E-state index contributed by atoms with van der Waals surface area (Å²) in [7, 11) is 0. The summed E-state index contributed by atoms with van der Waals surface area (Å²) in [4.78, 5) is 9.15. The Labute approximate surface area is 109 Å². The van der Waals surface area contributed by atoms with Crippen LogP contribution < -0.4 is 10.5 Å². The molecule has 0 atom stereocenters. The van der Waals surface area contributed by atoms with E-state index in [9.17, 15) is 4.39 Å². The molecule has 6 heteroatoms. The number of nitrogens with two attached hydrogens (primary N) is 1. The van der Waals surface area contributed by atoms with Gasteiger partial charge in [-0.3, -0.25) is 0 Å². The summed E-state index contributed by atoms with van der Waals surface area (Å²) in [6, 6.07) is 1.55. The van der Waals surface area contributed by atoms with Crippen LogP contribution in [0.4, 0.5) is 4.39 Å². The van der Waals surface area contributed by atoms with E-state index in [0.29, 0.717) is 18.6 Å². The predicted octanol–water partition coefficient (Wildman–Crippen LogP) is 2.07. The second-order valence-electron chi connectivity index (χ2n) is 3.75. The fourth-order valence-corrected chi connectivity index (χ4v) is 2.29. The highest BCUT2D eigenvalue weighted by atomic mass is 32.1. The molecule has 18 heavy (non-hydrogen) atoms. The second kappa shape index (κ2) is 5.88. The van der Waals surface area contributed by atoms with Crippen molar-refractivity contribution in [2.75, 3.05) is 6.61 Å². The summed E-state index contributed by atoms with van der Waals surface area (Å²) in [6.45, 7) is 2.46. The van der Waals surface area contributed by atoms with E-state index in [1.54, 1.807) is 22.9 Å². The van der Waals surface area contributed by atoms with Gasteiger partial charge in [-0.15, -0.1) is 11.3 Å². The molecule has 0 aliphatic rings. The number of aromatic nitrogens is 2. The summed E-state index contributed by atoms with van der Waals surface area (Å²) in [5.74, 6) is -0.457. The summed E-state index contributed by atoms with van der Waals surface area (Å²) in [5.41, 5.74) is 8.61. The van der Waals surface area contributed by atoms with Gasteiger partial charge >= 0.3 is 0 Å². The van der Waals surface area contributed by atoms with Gasteiger partial charge in [0.1, 0.15) is 0 Å². The van der Waals surface area contributed by atoms with Gasteiger partial charge in [-0.25, -0.2) is 14.4 Å². The van der Waals surface area contributed by atoms with Crippen LogP contribution in [0.1, 0.15) is 16.1 Å². The van der Waals surface area contributed by atoms with E-state index in [-0.39, 0.29) is 12.4 Å². The van der Waals surface area contributed by atoms with Crippen LogP contribution in [-0.2, 0) is 13.0 Å². The summed E-state index contributed by atoms with van der Waals surface area (Å²) < 4.78 is 19.1. The van der Waals surface area contributed by atoms with Crippen molar-refractivity contribution in [3.63, 3.8) is 0 Å². The minimum atomic E-state index is -0.471. The van der Waals surface area contributed by atoms with E-state index in [4.69, 9.17) is 10.5 Å². The Kier molecular flexibility index (Phi) is 4.22. The van der Waals surface area contributed by atoms with Crippen molar-refractivity contribution in [1.29, 1.82) is 0 Å². The van der Waals surface area contributed by atoms with Gasteiger partial charge in [-0.05, 0) is 13.0 Å². The fraction of sp³-hybridized carbons (Fsp3) is 0.333. The van der Waals surface area contributed by atoms with Gasteiger partial charge < -0.3 is 10.5 Å². The highest BCUT2D eigenvalue weighted by molar-refractivity contribution is 7.09. The maximum absolute atomic E-state index is 13.7. The van der Waals surface area contributed by atoms with Crippen LogP contribution in [0.5, 0.6) is 5.88 Å². The standard InChI is InChI=1S/C12H14FN3OS/c1-8-10(18-7-16-8)3-5-17-12-11(13)9(6-14)2-4-15-12/h2,4,7H,3,5-6,14H2,1H3. The van der Waals surface area contributed by atoms with Gasteiger partial charge in [0.15, 0.2) is 5.82 Å². The van der Waals surface area contributed by atoms with Crippen molar-refractivity contribution in [2.24, 2.45) is 5.73 Å². The number of ether oxygens (including phenoxy) is 1. The lowest BCUT2D eigenvalue weighted by atomic mass is 10.2. The van der Waals surface area contributed by atoms with Gasteiger partial charge in [0, 0.05) is 29.6 Å². The maximum Gasteiger partial charge on any atom is 0.250 e. The minimum Gasteiger partial charge on any atom is -0.475 e. The molecule has 2 aromatic heterocycles. The molecule has 2 N–H and O–H groups in total. The number of hydrogen-bond acceptors (Lipinski definition) is 5. The van der Waals surface area contributed by atoms with Crippen LogP contribution >= 0.6 is 11.3 Å². The second-order valence-corrected chi connectivity index (χ2v) is 4.69. The normalized spacial score (nSPS) is 10.6. The Morgan fingerprint density at radius 2 is 2.28 bits per heavy atom. The first-order valence-corrected chi connectivity index (χ1v) is 6.45. The molecule has 2 aromatic rings. The minimum absolute atomic E-state index is 0.0140. The molecule has 2 heterocycles. The van der Waals surface area contributed by atoms with Gasteiger partial charge in [0.2, 0.25) is 0 Å². The average molecular weight is 267 g/mol. The van der Waals surface area contributed by atoms with Crippen molar-refractivity contribution in [3.8, 4) is 5.88 Å². The van der Waals surface area contributed by atoms with E-state index in [1.165, 1.54) is 6.20 Å². The third-order valence-corrected chi connectivity index (χ3v) is 3.56. The van der Waals surface area contributed by atoms with Crippen molar-refractivity contribution < 1.29 is 9.13 Å². The van der Waals surface area contributed by atoms with Gasteiger partial charge in [-0.1, -0.05) is 0 Å². The Bertz CT molecular complexity index is 530. The molecular formula is C12H14FN3OS. The lowest BCUT2D eigenvalue weighted by Gasteiger charge is -2.07. The zero-order chi connectivity index (χ0) is 13.0. The molecule has 0 aliphatic carbocycles. The molecule has 0 aliphatic heterocycles. The van der Waals surface area contributed by atoms with E-state index >= 15 is 0 Å². The Balaban J connectivity index is 1.96. The lowest BCUT2D eigenvalue weighted by Crippen LogP contribution is -2.07. The number of pyridine rings is 1. The number of rotatable bonds is 5. The van der Waals surface area contributed by atoms with Gasteiger partial charge in [-0.2, -0.15) is 0 Å². The first-order valence-electron chi connectivity index (χ1n) is 5.57. The van der Waals surface area contributed by atoms with Gasteiger partial charge in [0.05, 0.1) is 17.8 Å². The molecule has 0 bridgehead atoms. The monoisotopic (exact) mass is 267 g/mol. The molecule has 0 unspecified atom stereocenters. The third kappa shape index (κ3) is 2.83. The zero-order valence-corrected chi connectivity index (χ0v) is 10.8. The molecule has 2 rings (SSSR count). The van der Waals surface area contributed by atoms with Crippen LogP contribution in [0.3, 0.4) is 0 Å². The van der Waals surface area contributed by atoms with Crippen LogP contribution in [0, 0.1) is 12.7 Å². The molecule has 0 saturated heterocycles. The summed E-state index contributed by atoms with van der Waals surface area (Å²) >= 11 is 1.57. The summed E-state index contributed by atoms with van der Waals surface area (Å²) in [5, 5.41) is 0. The van der Waals surface area contributed by atoms with E-state index in [2.05, 4.69) is 9.97 Å². The summed E-state index contributed by atoms with van der Waals surface area (Å²) in [6.07, 6.45) is 2.20. The molecule has 96 valence electrons. The van der Waals surface area contributed by atoms with Crippen molar-refractivity contribution in [2.45, 2.75) is 19.9 Å². The molecule has 0 radical (unpaired) electrons. The Morgan fingerprint density at radius 3 is 2.94 bits per heavy atom. The Morgan fingerprint density at radius 1 is 1.44 bits per heavy atom. The largest absolute Gasteiger partial charge is 0.475 e. The SMILES string of the molecule is Cc1ncsc1CCOc1nccc(CN)c1F. The number of nitrogens with zero attached hydrogens (tertiary/aromatic N) is 2.